The van der Waals surface area contributed by atoms with E-state index in [0.717, 1.165) is 4.34 Å². The zero-order valence-corrected chi connectivity index (χ0v) is 9.11. The molecule has 1 heterocycles. The van der Waals surface area contributed by atoms with E-state index < -0.39 is 10.5 Å². The molecule has 1 aromatic carbocycles. The maximum atomic E-state index is 11.3. The molecule has 2 rings (SSSR count). The Bertz CT molecular complexity index is 650. The molecule has 0 saturated heterocycles. The molecule has 7 heteroatoms. The van der Waals surface area contributed by atoms with Crippen LogP contribution in [0.5, 0.6) is 5.88 Å². The van der Waals surface area contributed by atoms with Crippen LogP contribution in [0.3, 0.4) is 0 Å². The number of nitro benzene ring substituents is 1. The van der Waals surface area contributed by atoms with Gasteiger partial charge in [-0.2, -0.15) is 0 Å². The molecule has 0 aliphatic rings. The number of nitro groups is 1. The monoisotopic (exact) mass is 238 g/mol. The van der Waals surface area contributed by atoms with Crippen LogP contribution in [0.1, 0.15) is 0 Å². The second-order valence-corrected chi connectivity index (χ2v) is 3.72. The van der Waals surface area contributed by atoms with Gasteiger partial charge < -0.3 is 5.11 Å². The second-order valence-electron chi connectivity index (χ2n) is 3.20. The molecule has 0 aliphatic heterocycles. The van der Waals surface area contributed by atoms with E-state index in [1.807, 2.05) is 0 Å². The van der Waals surface area contributed by atoms with Gasteiger partial charge in [-0.25, -0.2) is 0 Å². The molecule has 0 fully saturated rings. The van der Waals surface area contributed by atoms with Crippen molar-refractivity contribution in [2.45, 2.75) is 0 Å². The van der Waals surface area contributed by atoms with Crippen molar-refractivity contribution in [1.29, 1.82) is 0 Å². The van der Waals surface area contributed by atoms with Crippen LogP contribution in [0.4, 0.5) is 5.69 Å². The van der Waals surface area contributed by atoms with Crippen LogP contribution in [-0.4, -0.2) is 14.4 Å². The standard InChI is InChI=1S/C9H7N2O4P/c12-8-4-5-3-6(11(14)15)1-2-7(5)9(13)10(8)16/h1-4,13H,16H2. The summed E-state index contributed by atoms with van der Waals surface area (Å²) in [5, 5.41) is 20.9. The molecule has 0 spiro atoms. The predicted octanol–water partition coefficient (Wildman–Crippen LogP) is 1.25. The lowest BCUT2D eigenvalue weighted by molar-refractivity contribution is -0.384. The number of benzene rings is 1. The molecule has 0 aliphatic carbocycles. The van der Waals surface area contributed by atoms with Crippen LogP contribution < -0.4 is 5.56 Å². The molecule has 1 unspecified atom stereocenters. The molecular formula is C9H7N2O4P. The largest absolute Gasteiger partial charge is 0.494 e. The van der Waals surface area contributed by atoms with Crippen LogP contribution in [-0.2, 0) is 0 Å². The van der Waals surface area contributed by atoms with Gasteiger partial charge in [-0.05, 0) is 20.8 Å². The van der Waals surface area contributed by atoms with Gasteiger partial charge in [0.05, 0.1) is 4.92 Å². The van der Waals surface area contributed by atoms with Crippen molar-refractivity contribution in [1.82, 2.24) is 4.34 Å². The van der Waals surface area contributed by atoms with Crippen LogP contribution in [0, 0.1) is 10.1 Å². The molecule has 0 amide bonds. The Morgan fingerprint density at radius 3 is 2.69 bits per heavy atom. The van der Waals surface area contributed by atoms with Gasteiger partial charge in [0, 0.05) is 23.6 Å². The maximum absolute atomic E-state index is 11.3. The molecule has 0 saturated carbocycles. The minimum Gasteiger partial charge on any atom is -0.494 e. The third kappa shape index (κ3) is 1.53. The second kappa shape index (κ2) is 3.57. The van der Waals surface area contributed by atoms with Gasteiger partial charge in [-0.3, -0.25) is 19.2 Å². The molecule has 0 radical (unpaired) electrons. The van der Waals surface area contributed by atoms with Crippen LogP contribution in [0.15, 0.2) is 29.1 Å². The lowest BCUT2D eigenvalue weighted by atomic mass is 10.1. The highest BCUT2D eigenvalue weighted by Crippen LogP contribution is 2.26. The van der Waals surface area contributed by atoms with Gasteiger partial charge in [0.1, 0.15) is 0 Å². The number of non-ortho nitro benzene ring substituents is 1. The van der Waals surface area contributed by atoms with E-state index in [4.69, 9.17) is 0 Å². The van der Waals surface area contributed by atoms with Gasteiger partial charge in [-0.15, -0.1) is 0 Å². The first-order valence-corrected chi connectivity index (χ1v) is 4.80. The average Bonchev–Trinajstić information content (AvgIpc) is 2.25. The number of nitrogens with zero attached hydrogens (tertiary/aromatic N) is 2. The van der Waals surface area contributed by atoms with E-state index in [1.54, 1.807) is 0 Å². The van der Waals surface area contributed by atoms with Crippen LogP contribution >= 0.6 is 9.39 Å². The van der Waals surface area contributed by atoms with Crippen molar-refractivity contribution in [3.8, 4) is 5.88 Å². The molecular weight excluding hydrogens is 231 g/mol. The first kappa shape index (κ1) is 10.6. The van der Waals surface area contributed by atoms with Crippen molar-refractivity contribution in [3.05, 3.63) is 44.7 Å². The summed E-state index contributed by atoms with van der Waals surface area (Å²) in [6.45, 7) is 0. The van der Waals surface area contributed by atoms with Crippen molar-refractivity contribution < 1.29 is 10.0 Å². The molecule has 2 aromatic rings. The Labute approximate surface area is 91.5 Å². The van der Waals surface area contributed by atoms with E-state index in [-0.39, 0.29) is 11.6 Å². The first-order chi connectivity index (χ1) is 7.50. The number of hydrogen-bond acceptors (Lipinski definition) is 4. The molecule has 1 N–H and O–H groups in total. The SMILES string of the molecule is O=c1cc2cc([N+](=O)[O-])ccc2c(O)n1P. The highest BCUT2D eigenvalue weighted by molar-refractivity contribution is 7.14. The number of aromatic hydroxyl groups is 1. The lowest BCUT2D eigenvalue weighted by Gasteiger charge is -2.04. The summed E-state index contributed by atoms with van der Waals surface area (Å²) in [5.41, 5.74) is -0.566. The highest BCUT2D eigenvalue weighted by Gasteiger charge is 2.10. The third-order valence-electron chi connectivity index (χ3n) is 2.23. The summed E-state index contributed by atoms with van der Waals surface area (Å²) >= 11 is 0. The Hall–Kier alpha value is -1.94. The van der Waals surface area contributed by atoms with E-state index in [2.05, 4.69) is 9.39 Å². The minimum absolute atomic E-state index is 0.118. The summed E-state index contributed by atoms with van der Waals surface area (Å²) in [7, 11) is 2.07. The van der Waals surface area contributed by atoms with Crippen LogP contribution in [0.2, 0.25) is 0 Å². The summed E-state index contributed by atoms with van der Waals surface area (Å²) in [6.07, 6.45) is 0. The molecule has 1 atom stereocenters. The Balaban J connectivity index is 2.86. The Kier molecular flexibility index (Phi) is 2.36. The lowest BCUT2D eigenvalue weighted by Crippen LogP contribution is -2.10. The summed E-state index contributed by atoms with van der Waals surface area (Å²) in [4.78, 5) is 21.3. The summed E-state index contributed by atoms with van der Waals surface area (Å²) in [6, 6.07) is 5.16. The molecule has 6 nitrogen and oxygen atoms in total. The number of aromatic nitrogens is 1. The van der Waals surface area contributed by atoms with E-state index >= 15 is 0 Å². The van der Waals surface area contributed by atoms with E-state index in [9.17, 15) is 20.0 Å². The Morgan fingerprint density at radius 1 is 1.38 bits per heavy atom. The van der Waals surface area contributed by atoms with Gasteiger partial charge in [0.25, 0.3) is 11.2 Å². The Morgan fingerprint density at radius 2 is 2.06 bits per heavy atom. The quantitative estimate of drug-likeness (QED) is 0.460. The van der Waals surface area contributed by atoms with Crippen molar-refractivity contribution in [3.63, 3.8) is 0 Å². The normalized spacial score (nSPS) is 10.6. The average molecular weight is 238 g/mol. The minimum atomic E-state index is -0.553. The van der Waals surface area contributed by atoms with Crippen molar-refractivity contribution in [2.24, 2.45) is 0 Å². The molecule has 16 heavy (non-hydrogen) atoms. The first-order valence-electron chi connectivity index (χ1n) is 4.29. The van der Waals surface area contributed by atoms with Crippen molar-refractivity contribution in [2.75, 3.05) is 0 Å². The fourth-order valence-corrected chi connectivity index (χ4v) is 1.64. The van der Waals surface area contributed by atoms with E-state index in [1.165, 1.54) is 24.3 Å². The van der Waals surface area contributed by atoms with Gasteiger partial charge in [0.2, 0.25) is 5.88 Å². The van der Waals surface area contributed by atoms with Gasteiger partial charge in [-0.1, -0.05) is 0 Å². The van der Waals surface area contributed by atoms with Crippen molar-refractivity contribution >= 4 is 25.9 Å². The third-order valence-corrected chi connectivity index (χ3v) is 2.73. The molecule has 82 valence electrons. The number of rotatable bonds is 1. The topological polar surface area (TPSA) is 85.4 Å². The highest BCUT2D eigenvalue weighted by atomic mass is 31.0. The van der Waals surface area contributed by atoms with Gasteiger partial charge in [0.15, 0.2) is 0 Å². The number of fused-ring (bicyclic) bond motifs is 1. The zero-order chi connectivity index (χ0) is 11.9. The van der Waals surface area contributed by atoms with Crippen LogP contribution in [0.25, 0.3) is 10.8 Å². The zero-order valence-electron chi connectivity index (χ0n) is 7.95. The fraction of sp³-hybridized carbons (Fsp3) is 0. The maximum Gasteiger partial charge on any atom is 0.270 e. The van der Waals surface area contributed by atoms with E-state index in [0.29, 0.717) is 10.8 Å². The smallest absolute Gasteiger partial charge is 0.270 e. The summed E-state index contributed by atoms with van der Waals surface area (Å²) in [5.74, 6) is -0.234. The number of pyridine rings is 1. The summed E-state index contributed by atoms with van der Waals surface area (Å²) < 4.78 is 0.994. The molecule has 1 aromatic heterocycles. The fourth-order valence-electron chi connectivity index (χ4n) is 1.42. The predicted molar refractivity (Wildman–Crippen MR) is 61.6 cm³/mol. The van der Waals surface area contributed by atoms with Gasteiger partial charge >= 0.3 is 0 Å². The number of hydrogen-bond donors (Lipinski definition) is 1. The molecule has 0 bridgehead atoms.